The molecule has 0 fully saturated rings. The third kappa shape index (κ3) is 4.48. The molecule has 1 aromatic rings. The highest BCUT2D eigenvalue weighted by atomic mass is 16.2. The fourth-order valence-electron chi connectivity index (χ4n) is 1.68. The van der Waals surface area contributed by atoms with Crippen molar-refractivity contribution in [2.45, 2.75) is 19.8 Å². The molecule has 0 aliphatic carbocycles. The predicted molar refractivity (Wildman–Crippen MR) is 76.2 cm³/mol. The van der Waals surface area contributed by atoms with Crippen molar-refractivity contribution in [1.82, 2.24) is 15.1 Å². The minimum Gasteiger partial charge on any atom is -0.354 e. The number of nitrogens with zero attached hydrogens (tertiary/aromatic N) is 4. The van der Waals surface area contributed by atoms with E-state index in [1.165, 1.54) is 4.90 Å². The summed E-state index contributed by atoms with van der Waals surface area (Å²) in [5.74, 6) is 0.632. The van der Waals surface area contributed by atoms with E-state index < -0.39 is 0 Å². The molecule has 6 nitrogen and oxygen atoms in total. The largest absolute Gasteiger partial charge is 0.354 e. The zero-order valence-electron chi connectivity index (χ0n) is 12.0. The average molecular weight is 265 g/mol. The molecule has 1 amide bonds. The van der Waals surface area contributed by atoms with Gasteiger partial charge in [0.15, 0.2) is 11.5 Å². The molecule has 2 N–H and O–H groups in total. The summed E-state index contributed by atoms with van der Waals surface area (Å²) in [5, 5.41) is 8.11. The maximum atomic E-state index is 11.7. The minimum absolute atomic E-state index is 0.141. The summed E-state index contributed by atoms with van der Waals surface area (Å²) in [6, 6.07) is 3.54. The summed E-state index contributed by atoms with van der Waals surface area (Å²) in [6.07, 6.45) is 2.20. The van der Waals surface area contributed by atoms with Crippen LogP contribution in [0.15, 0.2) is 12.1 Å². The van der Waals surface area contributed by atoms with Crippen molar-refractivity contribution >= 4 is 11.7 Å². The Kier molecular flexibility index (Phi) is 6.21. The minimum atomic E-state index is -0.141. The molecule has 19 heavy (non-hydrogen) atoms. The summed E-state index contributed by atoms with van der Waals surface area (Å²) in [7, 11) is 3.39. The van der Waals surface area contributed by atoms with Crippen LogP contribution in [0.4, 0.5) is 5.82 Å². The molecule has 1 aromatic heterocycles. The van der Waals surface area contributed by atoms with Crippen molar-refractivity contribution in [3.8, 4) is 0 Å². The monoisotopic (exact) mass is 265 g/mol. The molecule has 1 heterocycles. The average Bonchev–Trinajstić information content (AvgIpc) is 2.42. The lowest BCUT2D eigenvalue weighted by atomic mass is 10.3. The topological polar surface area (TPSA) is 75.3 Å². The summed E-state index contributed by atoms with van der Waals surface area (Å²) < 4.78 is 0. The number of unbranched alkanes of at least 4 members (excludes halogenated alkanes) is 1. The first kappa shape index (κ1) is 15.4. The van der Waals surface area contributed by atoms with Gasteiger partial charge in [0.1, 0.15) is 0 Å². The van der Waals surface area contributed by atoms with Gasteiger partial charge in [-0.2, -0.15) is 0 Å². The Morgan fingerprint density at radius 3 is 2.47 bits per heavy atom. The van der Waals surface area contributed by atoms with E-state index in [4.69, 9.17) is 5.73 Å². The van der Waals surface area contributed by atoms with Crippen LogP contribution in [-0.4, -0.2) is 54.7 Å². The lowest BCUT2D eigenvalue weighted by Gasteiger charge is -2.22. The fraction of sp³-hybridized carbons (Fsp3) is 0.615. The van der Waals surface area contributed by atoms with Gasteiger partial charge < -0.3 is 15.5 Å². The van der Waals surface area contributed by atoms with E-state index in [0.717, 1.165) is 31.7 Å². The van der Waals surface area contributed by atoms with Crippen LogP contribution in [0.1, 0.15) is 30.3 Å². The molecule has 1 rings (SSSR count). The number of aromatic nitrogens is 2. The van der Waals surface area contributed by atoms with Crippen LogP contribution in [0.3, 0.4) is 0 Å². The predicted octanol–water partition coefficient (Wildman–Crippen LogP) is 0.744. The van der Waals surface area contributed by atoms with Gasteiger partial charge in [-0.3, -0.25) is 4.79 Å². The second kappa shape index (κ2) is 7.68. The Morgan fingerprint density at radius 1 is 1.26 bits per heavy atom. The van der Waals surface area contributed by atoms with Crippen LogP contribution >= 0.6 is 0 Å². The molecular weight excluding hydrogens is 242 g/mol. The first-order valence-corrected chi connectivity index (χ1v) is 6.60. The molecule has 0 saturated carbocycles. The number of carbonyl (C=O) groups is 1. The highest BCUT2D eigenvalue weighted by Crippen LogP contribution is 2.11. The molecule has 106 valence electrons. The van der Waals surface area contributed by atoms with E-state index >= 15 is 0 Å². The number of anilines is 1. The van der Waals surface area contributed by atoms with Gasteiger partial charge in [-0.15, -0.1) is 10.2 Å². The van der Waals surface area contributed by atoms with E-state index in [1.54, 1.807) is 20.2 Å². The summed E-state index contributed by atoms with van der Waals surface area (Å²) in [4.78, 5) is 15.3. The number of rotatable bonds is 7. The Hall–Kier alpha value is -1.69. The van der Waals surface area contributed by atoms with Crippen molar-refractivity contribution in [2.75, 3.05) is 38.6 Å². The molecule has 0 saturated heterocycles. The van der Waals surface area contributed by atoms with Crippen LogP contribution in [0, 0.1) is 0 Å². The van der Waals surface area contributed by atoms with Gasteiger partial charge in [-0.1, -0.05) is 13.3 Å². The third-order valence-electron chi connectivity index (χ3n) is 2.78. The van der Waals surface area contributed by atoms with Crippen LogP contribution < -0.4 is 10.6 Å². The zero-order valence-corrected chi connectivity index (χ0v) is 12.0. The molecule has 0 bridgehead atoms. The van der Waals surface area contributed by atoms with Crippen molar-refractivity contribution in [3.63, 3.8) is 0 Å². The number of nitrogens with two attached hydrogens (primary N) is 1. The zero-order chi connectivity index (χ0) is 14.3. The van der Waals surface area contributed by atoms with Crippen LogP contribution in [-0.2, 0) is 0 Å². The Balaban J connectivity index is 2.79. The van der Waals surface area contributed by atoms with Crippen molar-refractivity contribution in [2.24, 2.45) is 5.73 Å². The highest BCUT2D eigenvalue weighted by molar-refractivity contribution is 5.91. The number of hydrogen-bond acceptors (Lipinski definition) is 5. The Labute approximate surface area is 114 Å². The lowest BCUT2D eigenvalue weighted by Crippen LogP contribution is -2.31. The molecule has 0 aliphatic heterocycles. The lowest BCUT2D eigenvalue weighted by molar-refractivity contribution is 0.0821. The molecule has 6 heteroatoms. The molecule has 0 atom stereocenters. The molecular formula is C13H23N5O. The van der Waals surface area contributed by atoms with Crippen molar-refractivity contribution in [3.05, 3.63) is 17.8 Å². The van der Waals surface area contributed by atoms with Gasteiger partial charge in [0, 0.05) is 33.7 Å². The van der Waals surface area contributed by atoms with Gasteiger partial charge in [-0.05, 0) is 18.6 Å². The Morgan fingerprint density at radius 2 is 2.00 bits per heavy atom. The summed E-state index contributed by atoms with van der Waals surface area (Å²) in [5.41, 5.74) is 5.96. The Bertz CT molecular complexity index is 391. The van der Waals surface area contributed by atoms with Crippen LogP contribution in [0.25, 0.3) is 0 Å². The van der Waals surface area contributed by atoms with Crippen molar-refractivity contribution < 1.29 is 4.79 Å². The smallest absolute Gasteiger partial charge is 0.273 e. The molecule has 0 unspecified atom stereocenters. The van der Waals surface area contributed by atoms with Crippen LogP contribution in [0.2, 0.25) is 0 Å². The molecule has 0 aromatic carbocycles. The molecule has 0 spiro atoms. The van der Waals surface area contributed by atoms with E-state index in [0.29, 0.717) is 12.2 Å². The maximum absolute atomic E-state index is 11.7. The second-order valence-corrected chi connectivity index (χ2v) is 4.61. The van der Waals surface area contributed by atoms with Crippen LogP contribution in [0.5, 0.6) is 0 Å². The number of carbonyl (C=O) groups excluding carboxylic acids is 1. The van der Waals surface area contributed by atoms with Gasteiger partial charge in [0.2, 0.25) is 0 Å². The SMILES string of the molecule is CCCCN(CCN)c1ccc(C(=O)N(C)C)nn1. The molecule has 0 radical (unpaired) electrons. The van der Waals surface area contributed by atoms with Gasteiger partial charge in [0.25, 0.3) is 5.91 Å². The maximum Gasteiger partial charge on any atom is 0.273 e. The van der Waals surface area contributed by atoms with Crippen molar-refractivity contribution in [1.29, 1.82) is 0 Å². The summed E-state index contributed by atoms with van der Waals surface area (Å²) >= 11 is 0. The van der Waals surface area contributed by atoms with Gasteiger partial charge in [-0.25, -0.2) is 0 Å². The normalized spacial score (nSPS) is 10.3. The molecule has 0 aliphatic rings. The van der Waals surface area contributed by atoms with Gasteiger partial charge >= 0.3 is 0 Å². The summed E-state index contributed by atoms with van der Waals surface area (Å²) in [6.45, 7) is 4.37. The quantitative estimate of drug-likeness (QED) is 0.787. The fourth-order valence-corrected chi connectivity index (χ4v) is 1.68. The van der Waals surface area contributed by atoms with E-state index in [9.17, 15) is 4.79 Å². The van der Waals surface area contributed by atoms with Gasteiger partial charge in [0.05, 0.1) is 0 Å². The third-order valence-corrected chi connectivity index (χ3v) is 2.78. The van der Waals surface area contributed by atoms with E-state index in [1.807, 2.05) is 6.07 Å². The first-order chi connectivity index (χ1) is 9.10. The number of amides is 1. The second-order valence-electron chi connectivity index (χ2n) is 4.61. The first-order valence-electron chi connectivity index (χ1n) is 6.60. The van der Waals surface area contributed by atoms with E-state index in [-0.39, 0.29) is 5.91 Å². The standard InChI is InChI=1S/C13H23N5O/c1-4-5-9-18(10-8-14)12-7-6-11(15-16-12)13(19)17(2)3/h6-7H,4-5,8-10,14H2,1-3H3. The number of hydrogen-bond donors (Lipinski definition) is 1. The highest BCUT2D eigenvalue weighted by Gasteiger charge is 2.12. The van der Waals surface area contributed by atoms with E-state index in [2.05, 4.69) is 22.0 Å².